The molecular weight excluding hydrogens is 552 g/mol. The van der Waals surface area contributed by atoms with Crippen LogP contribution in [0.1, 0.15) is 25.8 Å². The number of halogens is 3. The van der Waals surface area contributed by atoms with Crippen LogP contribution in [0.4, 0.5) is 10.1 Å². The number of sulfonamides is 1. The van der Waals surface area contributed by atoms with E-state index in [9.17, 15) is 22.4 Å². The van der Waals surface area contributed by atoms with Crippen molar-refractivity contribution in [2.75, 3.05) is 17.4 Å². The van der Waals surface area contributed by atoms with Crippen LogP contribution in [-0.4, -0.2) is 44.3 Å². The van der Waals surface area contributed by atoms with E-state index in [2.05, 4.69) is 5.32 Å². The Kier molecular flexibility index (Phi) is 10.1. The van der Waals surface area contributed by atoms with Crippen molar-refractivity contribution < 1.29 is 22.4 Å². The first-order valence-electron chi connectivity index (χ1n) is 11.9. The summed E-state index contributed by atoms with van der Waals surface area (Å²) in [6, 6.07) is 16.3. The maximum atomic E-state index is 13.9. The second-order valence-electron chi connectivity index (χ2n) is 8.34. The number of carbonyl (C=O) groups is 2. The molecule has 11 heteroatoms. The molecule has 3 aromatic carbocycles. The van der Waals surface area contributed by atoms with Gasteiger partial charge >= 0.3 is 0 Å². The molecule has 2 amide bonds. The summed E-state index contributed by atoms with van der Waals surface area (Å²) in [5, 5.41) is 3.32. The summed E-state index contributed by atoms with van der Waals surface area (Å²) in [4.78, 5) is 28.1. The minimum absolute atomic E-state index is 0.0476. The van der Waals surface area contributed by atoms with Gasteiger partial charge in [-0.1, -0.05) is 54.4 Å². The van der Waals surface area contributed by atoms with Gasteiger partial charge in [0.1, 0.15) is 18.4 Å². The number of carbonyl (C=O) groups excluding carboxylic acids is 2. The molecule has 0 unspecified atom stereocenters. The van der Waals surface area contributed by atoms with Gasteiger partial charge in [-0.2, -0.15) is 0 Å². The maximum Gasteiger partial charge on any atom is 0.264 e. The predicted molar refractivity (Wildman–Crippen MR) is 147 cm³/mol. The summed E-state index contributed by atoms with van der Waals surface area (Å²) in [6.45, 7) is 3.06. The number of hydrogen-bond acceptors (Lipinski definition) is 4. The van der Waals surface area contributed by atoms with E-state index in [1.54, 1.807) is 50.2 Å². The Morgan fingerprint density at radius 1 is 0.921 bits per heavy atom. The van der Waals surface area contributed by atoms with Crippen LogP contribution in [0.15, 0.2) is 77.7 Å². The first kappa shape index (κ1) is 29.4. The zero-order valence-electron chi connectivity index (χ0n) is 20.9. The minimum Gasteiger partial charge on any atom is -0.355 e. The first-order chi connectivity index (χ1) is 18.1. The Labute approximate surface area is 232 Å². The van der Waals surface area contributed by atoms with Crippen LogP contribution in [0, 0.1) is 5.82 Å². The van der Waals surface area contributed by atoms with E-state index in [1.807, 2.05) is 0 Å². The van der Waals surface area contributed by atoms with Crippen LogP contribution in [0.5, 0.6) is 0 Å². The van der Waals surface area contributed by atoms with E-state index in [1.165, 1.54) is 29.2 Å². The largest absolute Gasteiger partial charge is 0.355 e. The summed E-state index contributed by atoms with van der Waals surface area (Å²) >= 11 is 12.7. The molecule has 0 aliphatic carbocycles. The fourth-order valence-corrected chi connectivity index (χ4v) is 5.87. The molecule has 0 aliphatic heterocycles. The number of nitrogens with zero attached hydrogens (tertiary/aromatic N) is 2. The van der Waals surface area contributed by atoms with Crippen molar-refractivity contribution in [1.82, 2.24) is 10.2 Å². The quantitative estimate of drug-likeness (QED) is 0.335. The van der Waals surface area contributed by atoms with E-state index in [0.717, 1.165) is 16.4 Å². The molecule has 3 rings (SSSR count). The third kappa shape index (κ3) is 6.83. The summed E-state index contributed by atoms with van der Waals surface area (Å²) in [5.74, 6) is -1.62. The zero-order valence-corrected chi connectivity index (χ0v) is 23.2. The van der Waals surface area contributed by atoms with Crippen LogP contribution < -0.4 is 9.62 Å². The SMILES string of the molecule is CCNC(=O)[C@H](CC)N(Cc1c(Cl)cccc1Cl)C(=O)CN(c1ccc(F)cc1)S(=O)(=O)c1ccccc1. The monoisotopic (exact) mass is 579 g/mol. The molecule has 0 saturated heterocycles. The third-order valence-corrected chi connectivity index (χ3v) is 8.35. The van der Waals surface area contributed by atoms with E-state index >= 15 is 0 Å². The van der Waals surface area contributed by atoms with Crippen LogP contribution in [0.3, 0.4) is 0 Å². The Bertz CT molecular complexity index is 1350. The summed E-state index contributed by atoms with van der Waals surface area (Å²) in [7, 11) is -4.24. The van der Waals surface area contributed by atoms with Gasteiger partial charge in [-0.15, -0.1) is 0 Å². The molecule has 3 aromatic rings. The molecule has 0 aliphatic rings. The Hall–Kier alpha value is -3.14. The summed E-state index contributed by atoms with van der Waals surface area (Å²) < 4.78 is 41.9. The van der Waals surface area contributed by atoms with Crippen molar-refractivity contribution in [3.05, 3.63) is 94.2 Å². The zero-order chi connectivity index (χ0) is 27.9. The summed E-state index contributed by atoms with van der Waals surface area (Å²) in [6.07, 6.45) is 0.252. The van der Waals surface area contributed by atoms with Gasteiger partial charge < -0.3 is 10.2 Å². The highest BCUT2D eigenvalue weighted by Crippen LogP contribution is 2.28. The van der Waals surface area contributed by atoms with E-state index in [4.69, 9.17) is 23.2 Å². The lowest BCUT2D eigenvalue weighted by atomic mass is 10.1. The highest BCUT2D eigenvalue weighted by molar-refractivity contribution is 7.92. The van der Waals surface area contributed by atoms with E-state index in [-0.39, 0.29) is 23.5 Å². The van der Waals surface area contributed by atoms with Crippen molar-refractivity contribution in [2.45, 2.75) is 37.8 Å². The van der Waals surface area contributed by atoms with E-state index < -0.39 is 40.2 Å². The molecule has 0 saturated carbocycles. The molecule has 1 atom stereocenters. The molecule has 0 fully saturated rings. The lowest BCUT2D eigenvalue weighted by Gasteiger charge is -2.33. The lowest BCUT2D eigenvalue weighted by molar-refractivity contribution is -0.140. The molecule has 0 radical (unpaired) electrons. The second kappa shape index (κ2) is 13.1. The van der Waals surface area contributed by atoms with Crippen molar-refractivity contribution in [3.63, 3.8) is 0 Å². The topological polar surface area (TPSA) is 86.8 Å². The van der Waals surface area contributed by atoms with Gasteiger partial charge in [-0.3, -0.25) is 13.9 Å². The molecule has 0 heterocycles. The standard InChI is InChI=1S/C27H28Cl2FN3O4S/c1-3-25(27(35)31-4-2)32(17-22-23(28)11-8-12-24(22)29)26(34)18-33(20-15-13-19(30)14-16-20)38(36,37)21-9-6-5-7-10-21/h5-16,25H,3-4,17-18H2,1-2H3,(H,31,35)/t25-/m0/s1. The molecule has 7 nitrogen and oxygen atoms in total. The van der Waals surface area contributed by atoms with Gasteiger partial charge in [-0.05, 0) is 61.9 Å². The fraction of sp³-hybridized carbons (Fsp3) is 0.259. The van der Waals surface area contributed by atoms with Gasteiger partial charge in [0.15, 0.2) is 0 Å². The summed E-state index contributed by atoms with van der Waals surface area (Å²) in [5.41, 5.74) is 0.511. The highest BCUT2D eigenvalue weighted by Gasteiger charge is 2.34. The highest BCUT2D eigenvalue weighted by atomic mass is 35.5. The molecule has 0 aromatic heterocycles. The van der Waals surface area contributed by atoms with Gasteiger partial charge in [0.2, 0.25) is 11.8 Å². The number of nitrogens with one attached hydrogen (secondary N) is 1. The molecule has 202 valence electrons. The van der Waals surface area contributed by atoms with Crippen LogP contribution in [-0.2, 0) is 26.2 Å². The molecule has 1 N–H and O–H groups in total. The molecular formula is C27H28Cl2FN3O4S. The van der Waals surface area contributed by atoms with Crippen LogP contribution >= 0.6 is 23.2 Å². The Balaban J connectivity index is 2.08. The van der Waals surface area contributed by atoms with E-state index in [0.29, 0.717) is 22.2 Å². The minimum atomic E-state index is -4.24. The predicted octanol–water partition coefficient (Wildman–Crippen LogP) is 5.27. The van der Waals surface area contributed by atoms with Gasteiger partial charge in [-0.25, -0.2) is 12.8 Å². The van der Waals surface area contributed by atoms with Crippen LogP contribution in [0.2, 0.25) is 10.0 Å². The van der Waals surface area contributed by atoms with Gasteiger partial charge in [0.05, 0.1) is 10.6 Å². The smallest absolute Gasteiger partial charge is 0.264 e. The second-order valence-corrected chi connectivity index (χ2v) is 11.0. The number of amides is 2. The Morgan fingerprint density at radius 3 is 2.08 bits per heavy atom. The Morgan fingerprint density at radius 2 is 1.53 bits per heavy atom. The maximum absolute atomic E-state index is 13.9. The molecule has 38 heavy (non-hydrogen) atoms. The first-order valence-corrected chi connectivity index (χ1v) is 14.1. The average Bonchev–Trinajstić information content (AvgIpc) is 2.90. The fourth-order valence-electron chi connectivity index (χ4n) is 3.92. The van der Waals surface area contributed by atoms with Crippen molar-refractivity contribution >= 4 is 50.7 Å². The van der Waals surface area contributed by atoms with Gasteiger partial charge in [0.25, 0.3) is 10.0 Å². The van der Waals surface area contributed by atoms with Crippen molar-refractivity contribution in [1.29, 1.82) is 0 Å². The lowest BCUT2D eigenvalue weighted by Crippen LogP contribution is -2.52. The average molecular weight is 581 g/mol. The van der Waals surface area contributed by atoms with Crippen molar-refractivity contribution in [2.24, 2.45) is 0 Å². The number of likely N-dealkylation sites (N-methyl/N-ethyl adjacent to an activating group) is 1. The number of hydrogen-bond donors (Lipinski definition) is 1. The number of anilines is 1. The normalized spacial score (nSPS) is 12.0. The molecule has 0 spiro atoms. The third-order valence-electron chi connectivity index (χ3n) is 5.85. The van der Waals surface area contributed by atoms with Crippen LogP contribution in [0.25, 0.3) is 0 Å². The number of rotatable bonds is 11. The van der Waals surface area contributed by atoms with Crippen molar-refractivity contribution in [3.8, 4) is 0 Å². The number of benzene rings is 3. The van der Waals surface area contributed by atoms with Gasteiger partial charge in [0, 0.05) is 28.7 Å². The molecule has 0 bridgehead atoms.